The molecule has 3 aromatic rings. The van der Waals surface area contributed by atoms with Gasteiger partial charge >= 0.3 is 6.18 Å². The molecule has 128 valence electrons. The summed E-state index contributed by atoms with van der Waals surface area (Å²) >= 11 is 0. The van der Waals surface area contributed by atoms with E-state index in [0.29, 0.717) is 32.3 Å². The van der Waals surface area contributed by atoms with Gasteiger partial charge in [0, 0.05) is 21.6 Å². The summed E-state index contributed by atoms with van der Waals surface area (Å²) < 4.78 is 38.0. The van der Waals surface area contributed by atoms with Gasteiger partial charge in [-0.1, -0.05) is 36.9 Å². The van der Waals surface area contributed by atoms with E-state index in [1.165, 1.54) is 18.2 Å². The summed E-state index contributed by atoms with van der Waals surface area (Å²) in [5, 5.41) is 22.8. The lowest BCUT2D eigenvalue weighted by Crippen LogP contribution is -2.12. The Morgan fingerprint density at radius 1 is 0.960 bits per heavy atom. The molecule has 0 aliphatic heterocycles. The molecule has 0 spiro atoms. The first-order valence-electron chi connectivity index (χ1n) is 7.51. The molecule has 0 unspecified atom stereocenters. The van der Waals surface area contributed by atoms with Crippen molar-refractivity contribution < 1.29 is 23.4 Å². The second kappa shape index (κ2) is 5.84. The Bertz CT molecular complexity index is 1070. The second-order valence-electron chi connectivity index (χ2n) is 5.84. The number of rotatable bonds is 1. The molecule has 3 aromatic carbocycles. The fourth-order valence-electron chi connectivity index (χ4n) is 2.83. The molecule has 2 nitrogen and oxygen atoms in total. The van der Waals surface area contributed by atoms with Crippen molar-refractivity contribution in [2.24, 2.45) is 0 Å². The molecule has 5 heteroatoms. The fraction of sp³-hybridized carbons (Fsp3) is 0.100. The van der Waals surface area contributed by atoms with Gasteiger partial charge in [0.25, 0.3) is 0 Å². The van der Waals surface area contributed by atoms with Crippen LogP contribution in [0.5, 0.6) is 11.5 Å². The summed E-state index contributed by atoms with van der Waals surface area (Å²) in [7, 11) is 0. The van der Waals surface area contributed by atoms with Crippen LogP contribution in [0.1, 0.15) is 16.7 Å². The molecule has 3 rings (SSSR count). The molecule has 0 saturated heterocycles. The Morgan fingerprint density at radius 2 is 1.60 bits per heavy atom. The maximum absolute atomic E-state index is 12.7. The summed E-state index contributed by atoms with van der Waals surface area (Å²) in [6.07, 6.45) is -2.86. The van der Waals surface area contributed by atoms with Gasteiger partial charge in [-0.05, 0) is 35.9 Å². The molecule has 0 aliphatic carbocycles. The average molecular weight is 344 g/mol. The number of benzene rings is 3. The smallest absolute Gasteiger partial charge is 0.416 e. The topological polar surface area (TPSA) is 40.5 Å². The van der Waals surface area contributed by atoms with Crippen LogP contribution in [0.3, 0.4) is 0 Å². The van der Waals surface area contributed by atoms with Gasteiger partial charge < -0.3 is 10.2 Å². The first kappa shape index (κ1) is 16.9. The van der Waals surface area contributed by atoms with Gasteiger partial charge in [-0.2, -0.15) is 13.2 Å². The SMILES string of the molecule is C=c1cccc2c(O)c(C)/c(=C\c3ccc(C(F)(F)F)cc3)c(O)c12. The minimum Gasteiger partial charge on any atom is -0.507 e. The van der Waals surface area contributed by atoms with Crippen LogP contribution < -0.4 is 10.4 Å². The number of phenols is 2. The van der Waals surface area contributed by atoms with Crippen LogP contribution in [0.4, 0.5) is 13.2 Å². The number of halogens is 3. The van der Waals surface area contributed by atoms with E-state index in [4.69, 9.17) is 0 Å². The molecule has 0 saturated carbocycles. The van der Waals surface area contributed by atoms with Crippen molar-refractivity contribution in [3.05, 3.63) is 69.6 Å². The van der Waals surface area contributed by atoms with E-state index >= 15 is 0 Å². The Morgan fingerprint density at radius 3 is 2.20 bits per heavy atom. The predicted molar refractivity (Wildman–Crippen MR) is 91.8 cm³/mol. The third kappa shape index (κ3) is 2.93. The van der Waals surface area contributed by atoms with Crippen LogP contribution in [0, 0.1) is 6.92 Å². The van der Waals surface area contributed by atoms with Gasteiger partial charge in [-0.25, -0.2) is 0 Å². The van der Waals surface area contributed by atoms with Gasteiger partial charge in [0.2, 0.25) is 0 Å². The van der Waals surface area contributed by atoms with Crippen LogP contribution in [0.15, 0.2) is 42.5 Å². The highest BCUT2D eigenvalue weighted by Crippen LogP contribution is 2.31. The zero-order valence-corrected chi connectivity index (χ0v) is 13.4. The largest absolute Gasteiger partial charge is 0.507 e. The number of hydrogen-bond donors (Lipinski definition) is 2. The summed E-state index contributed by atoms with van der Waals surface area (Å²) in [5.41, 5.74) is 0.175. The van der Waals surface area contributed by atoms with E-state index < -0.39 is 11.7 Å². The fourth-order valence-corrected chi connectivity index (χ4v) is 2.83. The van der Waals surface area contributed by atoms with E-state index in [0.717, 1.165) is 12.1 Å². The number of hydrogen-bond acceptors (Lipinski definition) is 2. The number of aromatic hydroxyl groups is 2. The van der Waals surface area contributed by atoms with Crippen LogP contribution in [0.2, 0.25) is 0 Å². The summed E-state index contributed by atoms with van der Waals surface area (Å²) in [6, 6.07) is 9.70. The molecule has 25 heavy (non-hydrogen) atoms. The molecule has 0 aliphatic rings. The number of phenolic OH excluding ortho intramolecular Hbond substituents is 2. The Kier molecular flexibility index (Phi) is 3.95. The number of alkyl halides is 3. The van der Waals surface area contributed by atoms with Gasteiger partial charge in [-0.15, -0.1) is 0 Å². The monoisotopic (exact) mass is 344 g/mol. The van der Waals surface area contributed by atoms with E-state index in [1.54, 1.807) is 25.1 Å². The van der Waals surface area contributed by atoms with E-state index in [2.05, 4.69) is 6.58 Å². The van der Waals surface area contributed by atoms with Crippen LogP contribution in [0.25, 0.3) is 23.4 Å². The molecule has 2 N–H and O–H groups in total. The Labute approximate surface area is 141 Å². The highest BCUT2D eigenvalue weighted by molar-refractivity contribution is 5.95. The Hall–Kier alpha value is -2.95. The predicted octanol–water partition coefficient (Wildman–Crippen LogP) is 3.82. The molecular formula is C20H15F3O2. The zero-order chi connectivity index (χ0) is 18.4. The molecule has 0 aromatic heterocycles. The van der Waals surface area contributed by atoms with E-state index in [1.807, 2.05) is 0 Å². The standard InChI is InChI=1S/C20H15F3O2/c1-11-4-3-5-15-17(11)19(25)16(12(2)18(15)24)10-13-6-8-14(9-7-13)20(21,22)23/h3-10,24-25H,1H2,2H3/b16-10+. The first-order chi connectivity index (χ1) is 11.7. The van der Waals surface area contributed by atoms with Crippen molar-refractivity contribution in [2.75, 3.05) is 0 Å². The normalized spacial score (nSPS) is 12.7. The van der Waals surface area contributed by atoms with Crippen molar-refractivity contribution in [1.29, 1.82) is 0 Å². The van der Waals surface area contributed by atoms with Crippen LogP contribution in [-0.2, 0) is 6.18 Å². The quantitative estimate of drug-likeness (QED) is 0.659. The maximum atomic E-state index is 12.7. The van der Waals surface area contributed by atoms with Gasteiger partial charge in [0.05, 0.1) is 5.56 Å². The van der Waals surface area contributed by atoms with Crippen LogP contribution in [-0.4, -0.2) is 10.2 Å². The van der Waals surface area contributed by atoms with E-state index in [9.17, 15) is 23.4 Å². The lowest BCUT2D eigenvalue weighted by molar-refractivity contribution is -0.137. The zero-order valence-electron chi connectivity index (χ0n) is 13.4. The third-order valence-electron chi connectivity index (χ3n) is 4.21. The highest BCUT2D eigenvalue weighted by Gasteiger charge is 2.29. The lowest BCUT2D eigenvalue weighted by atomic mass is 9.99. The molecular weight excluding hydrogens is 329 g/mol. The summed E-state index contributed by atoms with van der Waals surface area (Å²) in [5.74, 6) is -0.0488. The molecule has 0 radical (unpaired) electrons. The van der Waals surface area contributed by atoms with Crippen molar-refractivity contribution in [1.82, 2.24) is 0 Å². The minimum atomic E-state index is -4.40. The second-order valence-corrected chi connectivity index (χ2v) is 5.84. The summed E-state index contributed by atoms with van der Waals surface area (Å²) in [6.45, 7) is 5.50. The van der Waals surface area contributed by atoms with Crippen molar-refractivity contribution >= 4 is 23.4 Å². The lowest BCUT2D eigenvalue weighted by Gasteiger charge is -2.10. The summed E-state index contributed by atoms with van der Waals surface area (Å²) in [4.78, 5) is 0. The first-order valence-corrected chi connectivity index (χ1v) is 7.51. The Balaban J connectivity index is 2.27. The molecule has 0 amide bonds. The van der Waals surface area contributed by atoms with Crippen molar-refractivity contribution in [3.8, 4) is 11.5 Å². The van der Waals surface area contributed by atoms with Crippen molar-refractivity contribution in [3.63, 3.8) is 0 Å². The molecule has 0 bridgehead atoms. The molecule has 0 atom stereocenters. The highest BCUT2D eigenvalue weighted by atomic mass is 19.4. The van der Waals surface area contributed by atoms with Gasteiger partial charge in [0.15, 0.2) is 0 Å². The third-order valence-corrected chi connectivity index (χ3v) is 4.21. The van der Waals surface area contributed by atoms with E-state index in [-0.39, 0.29) is 11.5 Å². The van der Waals surface area contributed by atoms with Crippen LogP contribution >= 0.6 is 0 Å². The minimum absolute atomic E-state index is 0.0106. The van der Waals surface area contributed by atoms with Gasteiger partial charge in [-0.3, -0.25) is 0 Å². The number of fused-ring (bicyclic) bond motifs is 1. The van der Waals surface area contributed by atoms with Gasteiger partial charge in [0.1, 0.15) is 11.5 Å². The molecule has 0 heterocycles. The molecule has 0 fully saturated rings. The maximum Gasteiger partial charge on any atom is 0.416 e. The van der Waals surface area contributed by atoms with Crippen molar-refractivity contribution in [2.45, 2.75) is 13.1 Å². The average Bonchev–Trinajstić information content (AvgIpc) is 2.56.